The molecule has 120 valence electrons. The second kappa shape index (κ2) is 6.82. The van der Waals surface area contributed by atoms with Crippen LogP contribution < -0.4 is 0 Å². The summed E-state index contributed by atoms with van der Waals surface area (Å²) in [6, 6.07) is 7.93. The van der Waals surface area contributed by atoms with Gasteiger partial charge in [-0.2, -0.15) is 0 Å². The van der Waals surface area contributed by atoms with Crippen LogP contribution in [0.4, 0.5) is 4.79 Å². The number of likely N-dealkylation sites (tertiary alicyclic amines) is 1. The highest BCUT2D eigenvalue weighted by atomic mass is 79.9. The summed E-state index contributed by atoms with van der Waals surface area (Å²) in [6.45, 7) is 6.42. The fourth-order valence-electron chi connectivity index (χ4n) is 2.53. The molecule has 1 saturated heterocycles. The number of Topliss-reactive ketones (excluding diaryl/α,β-unsaturated/α-hetero) is 1. The summed E-state index contributed by atoms with van der Waals surface area (Å²) in [5.74, 6) is 0.0651. The number of ether oxygens (including phenoxy) is 1. The summed E-state index contributed by atoms with van der Waals surface area (Å²) in [6.07, 6.45) is 0.717. The number of hydrogen-bond acceptors (Lipinski definition) is 3. The highest BCUT2D eigenvalue weighted by molar-refractivity contribution is 9.10. The molecule has 1 fully saturated rings. The maximum atomic E-state index is 12.2. The van der Waals surface area contributed by atoms with Gasteiger partial charge in [-0.25, -0.2) is 4.79 Å². The first-order valence-corrected chi connectivity index (χ1v) is 8.29. The average Bonchev–Trinajstić information content (AvgIpc) is 2.39. The van der Waals surface area contributed by atoms with Crippen LogP contribution in [0, 0.1) is 5.92 Å². The lowest BCUT2D eigenvalue weighted by Crippen LogP contribution is -2.46. The lowest BCUT2D eigenvalue weighted by molar-refractivity contribution is -0.125. The highest BCUT2D eigenvalue weighted by Crippen LogP contribution is 2.22. The van der Waals surface area contributed by atoms with Gasteiger partial charge in [0.1, 0.15) is 11.4 Å². The van der Waals surface area contributed by atoms with Gasteiger partial charge in [0, 0.05) is 29.9 Å². The van der Waals surface area contributed by atoms with Gasteiger partial charge in [0.2, 0.25) is 0 Å². The van der Waals surface area contributed by atoms with E-state index in [4.69, 9.17) is 4.74 Å². The molecule has 0 bridgehead atoms. The second-order valence-electron chi connectivity index (χ2n) is 6.67. The van der Waals surface area contributed by atoms with Crippen LogP contribution >= 0.6 is 15.9 Å². The van der Waals surface area contributed by atoms with Crippen LogP contribution in [0.25, 0.3) is 0 Å². The second-order valence-corrected chi connectivity index (χ2v) is 7.59. The SMILES string of the molecule is CC(C)(C)OC(=O)N1CCC(=O)[C@@H](Cc2cccc(Br)c2)C1. The summed E-state index contributed by atoms with van der Waals surface area (Å²) >= 11 is 3.44. The lowest BCUT2D eigenvalue weighted by atomic mass is 9.90. The van der Waals surface area contributed by atoms with Gasteiger partial charge >= 0.3 is 6.09 Å². The molecule has 0 N–H and O–H groups in total. The molecule has 2 rings (SSSR count). The number of piperidine rings is 1. The summed E-state index contributed by atoms with van der Waals surface area (Å²) in [4.78, 5) is 26.0. The van der Waals surface area contributed by atoms with Gasteiger partial charge in [-0.3, -0.25) is 4.79 Å². The van der Waals surface area contributed by atoms with E-state index in [0.717, 1.165) is 10.0 Å². The maximum Gasteiger partial charge on any atom is 0.410 e. The van der Waals surface area contributed by atoms with Gasteiger partial charge < -0.3 is 9.64 Å². The molecule has 5 heteroatoms. The zero-order valence-corrected chi connectivity index (χ0v) is 14.9. The Morgan fingerprint density at radius 3 is 2.77 bits per heavy atom. The van der Waals surface area contributed by atoms with Crippen LogP contribution in [-0.2, 0) is 16.0 Å². The van der Waals surface area contributed by atoms with Gasteiger partial charge in [0.15, 0.2) is 0 Å². The Balaban J connectivity index is 2.02. The van der Waals surface area contributed by atoms with Crippen LogP contribution in [0.2, 0.25) is 0 Å². The number of benzene rings is 1. The molecule has 1 aliphatic heterocycles. The van der Waals surface area contributed by atoms with E-state index >= 15 is 0 Å². The van der Waals surface area contributed by atoms with Crippen LogP contribution in [0.5, 0.6) is 0 Å². The summed E-state index contributed by atoms with van der Waals surface area (Å²) < 4.78 is 6.40. The number of halogens is 1. The molecule has 1 amide bonds. The van der Waals surface area contributed by atoms with E-state index < -0.39 is 5.60 Å². The monoisotopic (exact) mass is 367 g/mol. The van der Waals surface area contributed by atoms with Crippen molar-refractivity contribution in [2.24, 2.45) is 5.92 Å². The molecule has 1 aromatic carbocycles. The van der Waals surface area contributed by atoms with Crippen molar-refractivity contribution < 1.29 is 14.3 Å². The normalized spacial score (nSPS) is 19.2. The number of hydrogen-bond donors (Lipinski definition) is 0. The first-order valence-electron chi connectivity index (χ1n) is 7.50. The summed E-state index contributed by atoms with van der Waals surface area (Å²) in [5, 5.41) is 0. The number of carbonyl (C=O) groups is 2. The Bertz CT molecular complexity index is 565. The number of rotatable bonds is 2. The van der Waals surface area contributed by atoms with Gasteiger partial charge in [0.05, 0.1) is 0 Å². The van der Waals surface area contributed by atoms with E-state index in [9.17, 15) is 9.59 Å². The third-order valence-corrected chi connectivity index (χ3v) is 4.04. The zero-order valence-electron chi connectivity index (χ0n) is 13.3. The molecule has 22 heavy (non-hydrogen) atoms. The fraction of sp³-hybridized carbons (Fsp3) is 0.529. The fourth-order valence-corrected chi connectivity index (χ4v) is 2.97. The lowest BCUT2D eigenvalue weighted by Gasteiger charge is -2.33. The molecule has 0 spiro atoms. The number of amides is 1. The minimum Gasteiger partial charge on any atom is -0.444 e. The predicted octanol–water partition coefficient (Wildman–Crippen LogP) is 3.82. The summed E-state index contributed by atoms with van der Waals surface area (Å²) in [5.41, 5.74) is 0.581. The minimum atomic E-state index is -0.516. The van der Waals surface area contributed by atoms with Crippen molar-refractivity contribution in [1.29, 1.82) is 0 Å². The van der Waals surface area contributed by atoms with Gasteiger partial charge in [-0.1, -0.05) is 28.1 Å². The van der Waals surface area contributed by atoms with Crippen molar-refractivity contribution >= 4 is 27.8 Å². The van der Waals surface area contributed by atoms with Crippen molar-refractivity contribution in [2.75, 3.05) is 13.1 Å². The van der Waals surface area contributed by atoms with Crippen molar-refractivity contribution in [3.63, 3.8) is 0 Å². The first-order chi connectivity index (χ1) is 10.2. The molecule has 0 aromatic heterocycles. The van der Waals surface area contributed by atoms with E-state index in [1.807, 2.05) is 45.0 Å². The maximum absolute atomic E-state index is 12.2. The Kier molecular flexibility index (Phi) is 5.27. The molecule has 4 nitrogen and oxygen atoms in total. The smallest absolute Gasteiger partial charge is 0.410 e. The van der Waals surface area contributed by atoms with E-state index in [2.05, 4.69) is 15.9 Å². The van der Waals surface area contributed by atoms with Gasteiger partial charge in [-0.15, -0.1) is 0 Å². The van der Waals surface area contributed by atoms with Crippen LogP contribution in [-0.4, -0.2) is 35.5 Å². The van der Waals surface area contributed by atoms with Crippen molar-refractivity contribution in [1.82, 2.24) is 4.90 Å². The minimum absolute atomic E-state index is 0.157. The van der Waals surface area contributed by atoms with Crippen LogP contribution in [0.1, 0.15) is 32.8 Å². The third-order valence-electron chi connectivity index (χ3n) is 3.55. The predicted molar refractivity (Wildman–Crippen MR) is 88.8 cm³/mol. The molecule has 0 saturated carbocycles. The summed E-state index contributed by atoms with van der Waals surface area (Å²) in [7, 11) is 0. The molecule has 1 aliphatic rings. The Hall–Kier alpha value is -1.36. The first kappa shape index (κ1) is 17.0. The quantitative estimate of drug-likeness (QED) is 0.797. The molecule has 0 aliphatic carbocycles. The molecule has 1 heterocycles. The van der Waals surface area contributed by atoms with Crippen LogP contribution in [0.15, 0.2) is 28.7 Å². The third kappa shape index (κ3) is 4.83. The zero-order chi connectivity index (χ0) is 16.3. The Morgan fingerprint density at radius 2 is 2.14 bits per heavy atom. The van der Waals surface area contributed by atoms with Gasteiger partial charge in [-0.05, 0) is 44.9 Å². The van der Waals surface area contributed by atoms with E-state index in [1.54, 1.807) is 4.90 Å². The number of carbonyl (C=O) groups excluding carboxylic acids is 2. The topological polar surface area (TPSA) is 46.6 Å². The Labute approximate surface area is 140 Å². The molecular formula is C17H22BrNO3. The molecular weight excluding hydrogens is 346 g/mol. The van der Waals surface area contributed by atoms with Gasteiger partial charge in [0.25, 0.3) is 0 Å². The Morgan fingerprint density at radius 1 is 1.41 bits per heavy atom. The highest BCUT2D eigenvalue weighted by Gasteiger charge is 2.32. The molecule has 0 unspecified atom stereocenters. The van der Waals surface area contributed by atoms with Crippen molar-refractivity contribution in [2.45, 2.75) is 39.2 Å². The van der Waals surface area contributed by atoms with E-state index in [1.165, 1.54) is 0 Å². The van der Waals surface area contributed by atoms with E-state index in [-0.39, 0.29) is 17.8 Å². The molecule has 0 radical (unpaired) electrons. The van der Waals surface area contributed by atoms with Crippen molar-refractivity contribution in [3.05, 3.63) is 34.3 Å². The van der Waals surface area contributed by atoms with E-state index in [0.29, 0.717) is 25.9 Å². The standard InChI is InChI=1S/C17H22BrNO3/c1-17(2,3)22-16(21)19-8-7-15(20)13(11-19)9-12-5-4-6-14(18)10-12/h4-6,10,13H,7-9,11H2,1-3H3/t13-/m0/s1. The van der Waals surface area contributed by atoms with Crippen LogP contribution in [0.3, 0.4) is 0 Å². The number of nitrogens with zero attached hydrogens (tertiary/aromatic N) is 1. The average molecular weight is 368 g/mol. The molecule has 1 aromatic rings. The largest absolute Gasteiger partial charge is 0.444 e. The number of ketones is 1. The molecule has 1 atom stereocenters. The van der Waals surface area contributed by atoms with Crippen molar-refractivity contribution in [3.8, 4) is 0 Å².